The first-order valence-corrected chi connectivity index (χ1v) is 7.64. The summed E-state index contributed by atoms with van der Waals surface area (Å²) in [6.07, 6.45) is 4.09. The van der Waals surface area contributed by atoms with Crippen LogP contribution < -0.4 is 16.6 Å². The monoisotopic (exact) mass is 291 g/mol. The highest BCUT2D eigenvalue weighted by Crippen LogP contribution is 2.65. The Morgan fingerprint density at radius 3 is 2.60 bits per heavy atom. The Morgan fingerprint density at radius 2 is 1.95 bits per heavy atom. The van der Waals surface area contributed by atoms with Crippen molar-refractivity contribution in [2.75, 3.05) is 5.43 Å². The van der Waals surface area contributed by atoms with Crippen molar-refractivity contribution in [2.45, 2.75) is 25.3 Å². The van der Waals surface area contributed by atoms with Gasteiger partial charge in [0.15, 0.2) is 0 Å². The number of hydrogen-bond donors (Lipinski definition) is 3. The molecule has 4 atom stereocenters. The Morgan fingerprint density at radius 1 is 1.25 bits per heavy atom. The SMILES string of the molecule is NNc1ccc(Cl)cc1C(=O)NC1C2C3CCC(C3)C12. The maximum absolute atomic E-state index is 12.4. The number of carbonyl (C=O) groups excluding carboxylic acids is 1. The third-order valence-corrected chi connectivity index (χ3v) is 5.65. The number of rotatable bonds is 3. The second-order valence-corrected chi connectivity index (χ2v) is 6.76. The molecule has 4 rings (SSSR count). The molecular weight excluding hydrogens is 274 g/mol. The number of amides is 1. The number of fused-ring (bicyclic) bond motifs is 5. The minimum Gasteiger partial charge on any atom is -0.349 e. The van der Waals surface area contributed by atoms with E-state index in [2.05, 4.69) is 10.7 Å². The van der Waals surface area contributed by atoms with Crippen molar-refractivity contribution in [3.8, 4) is 0 Å². The molecule has 1 amide bonds. The molecule has 3 saturated carbocycles. The van der Waals surface area contributed by atoms with Gasteiger partial charge in [-0.2, -0.15) is 0 Å². The summed E-state index contributed by atoms with van der Waals surface area (Å²) in [6.45, 7) is 0. The first kappa shape index (κ1) is 12.5. The smallest absolute Gasteiger partial charge is 0.253 e. The van der Waals surface area contributed by atoms with Gasteiger partial charge in [-0.05, 0) is 61.1 Å². The molecule has 2 bridgehead atoms. The van der Waals surface area contributed by atoms with Crippen LogP contribution in [0.2, 0.25) is 5.02 Å². The van der Waals surface area contributed by atoms with Crippen LogP contribution in [-0.4, -0.2) is 11.9 Å². The van der Waals surface area contributed by atoms with E-state index in [1.807, 2.05) is 0 Å². The zero-order valence-corrected chi connectivity index (χ0v) is 11.9. The van der Waals surface area contributed by atoms with Crippen molar-refractivity contribution < 1.29 is 4.79 Å². The lowest BCUT2D eigenvalue weighted by Crippen LogP contribution is -2.30. The van der Waals surface area contributed by atoms with Crippen LogP contribution in [0.4, 0.5) is 5.69 Å². The third kappa shape index (κ3) is 1.75. The predicted molar refractivity (Wildman–Crippen MR) is 78.3 cm³/mol. The molecule has 3 aliphatic rings. The normalized spacial score (nSPS) is 36.6. The van der Waals surface area contributed by atoms with Crippen molar-refractivity contribution in [3.05, 3.63) is 28.8 Å². The lowest BCUT2D eigenvalue weighted by atomic mass is 10.0. The first-order chi connectivity index (χ1) is 9.69. The van der Waals surface area contributed by atoms with Crippen molar-refractivity contribution in [2.24, 2.45) is 29.5 Å². The van der Waals surface area contributed by atoms with Crippen molar-refractivity contribution in [1.82, 2.24) is 5.32 Å². The summed E-state index contributed by atoms with van der Waals surface area (Å²) in [5.41, 5.74) is 3.70. The van der Waals surface area contributed by atoms with Crippen molar-refractivity contribution in [1.29, 1.82) is 0 Å². The Bertz CT molecular complexity index is 560. The Hall–Kier alpha value is -1.26. The summed E-state index contributed by atoms with van der Waals surface area (Å²) in [7, 11) is 0. The average molecular weight is 292 g/mol. The van der Waals surface area contributed by atoms with Crippen LogP contribution in [0, 0.1) is 23.7 Å². The molecule has 0 aliphatic heterocycles. The van der Waals surface area contributed by atoms with Gasteiger partial charge in [-0.1, -0.05) is 11.6 Å². The van der Waals surface area contributed by atoms with Crippen LogP contribution in [0.25, 0.3) is 0 Å². The van der Waals surface area contributed by atoms with Gasteiger partial charge < -0.3 is 10.7 Å². The zero-order chi connectivity index (χ0) is 13.9. The van der Waals surface area contributed by atoms with Gasteiger partial charge in [-0.25, -0.2) is 0 Å². The van der Waals surface area contributed by atoms with Crippen LogP contribution in [-0.2, 0) is 0 Å². The maximum atomic E-state index is 12.4. The van der Waals surface area contributed by atoms with Crippen LogP contribution in [0.5, 0.6) is 0 Å². The number of nitrogen functional groups attached to an aromatic ring is 1. The standard InChI is InChI=1S/C15H18ClN3O/c16-9-3-4-11(19-17)10(6-9)15(20)18-14-12-7-1-2-8(5-7)13(12)14/h3-4,6-8,12-14,19H,1-2,5,17H2,(H,18,20). The molecule has 5 heteroatoms. The molecule has 3 fully saturated rings. The predicted octanol–water partition coefficient (Wildman–Crippen LogP) is 2.40. The van der Waals surface area contributed by atoms with Gasteiger partial charge in [0.1, 0.15) is 0 Å². The topological polar surface area (TPSA) is 67.1 Å². The third-order valence-electron chi connectivity index (χ3n) is 5.41. The fourth-order valence-corrected chi connectivity index (χ4v) is 4.75. The number of hydrazine groups is 1. The van der Waals surface area contributed by atoms with E-state index >= 15 is 0 Å². The summed E-state index contributed by atoms with van der Waals surface area (Å²) in [5, 5.41) is 3.73. The number of benzene rings is 1. The van der Waals surface area contributed by atoms with E-state index in [4.69, 9.17) is 17.4 Å². The van der Waals surface area contributed by atoms with E-state index in [9.17, 15) is 4.79 Å². The fraction of sp³-hybridized carbons (Fsp3) is 0.533. The lowest BCUT2D eigenvalue weighted by Gasteiger charge is -2.13. The Kier molecular flexibility index (Phi) is 2.72. The Balaban J connectivity index is 1.50. The molecule has 20 heavy (non-hydrogen) atoms. The highest BCUT2D eigenvalue weighted by molar-refractivity contribution is 6.31. The van der Waals surface area contributed by atoms with Crippen LogP contribution in [0.1, 0.15) is 29.6 Å². The molecule has 0 aromatic heterocycles. The second kappa shape index (κ2) is 4.37. The van der Waals surface area contributed by atoms with Gasteiger partial charge in [0.25, 0.3) is 5.91 Å². The van der Waals surface area contributed by atoms with Crippen molar-refractivity contribution >= 4 is 23.2 Å². The van der Waals surface area contributed by atoms with Gasteiger partial charge in [0.05, 0.1) is 11.3 Å². The van der Waals surface area contributed by atoms with E-state index in [1.165, 1.54) is 19.3 Å². The van der Waals surface area contributed by atoms with E-state index < -0.39 is 0 Å². The number of carbonyl (C=O) groups is 1. The summed E-state index contributed by atoms with van der Waals surface area (Å²) in [5.74, 6) is 8.54. The molecule has 0 heterocycles. The Labute approximate surface area is 123 Å². The number of nitrogens with one attached hydrogen (secondary N) is 2. The molecule has 0 saturated heterocycles. The highest BCUT2D eigenvalue weighted by atomic mass is 35.5. The molecule has 3 aliphatic carbocycles. The number of hydrogen-bond acceptors (Lipinski definition) is 3. The fourth-order valence-electron chi connectivity index (χ4n) is 4.58. The molecule has 4 nitrogen and oxygen atoms in total. The van der Waals surface area contributed by atoms with E-state index in [-0.39, 0.29) is 5.91 Å². The van der Waals surface area contributed by atoms with E-state index in [0.29, 0.717) is 22.3 Å². The van der Waals surface area contributed by atoms with Crippen molar-refractivity contribution in [3.63, 3.8) is 0 Å². The lowest BCUT2D eigenvalue weighted by molar-refractivity contribution is 0.0945. The van der Waals surface area contributed by atoms with Crippen LogP contribution in [0.3, 0.4) is 0 Å². The quantitative estimate of drug-likeness (QED) is 0.592. The summed E-state index contributed by atoms with van der Waals surface area (Å²) in [4.78, 5) is 12.4. The zero-order valence-electron chi connectivity index (χ0n) is 11.1. The minimum absolute atomic E-state index is 0.0701. The molecular formula is C15H18ClN3O. The van der Waals surface area contributed by atoms with Crippen LogP contribution in [0.15, 0.2) is 18.2 Å². The summed E-state index contributed by atoms with van der Waals surface area (Å²) < 4.78 is 0. The van der Waals surface area contributed by atoms with Gasteiger partial charge in [0, 0.05) is 11.1 Å². The number of anilines is 1. The molecule has 4 unspecified atom stereocenters. The average Bonchev–Trinajstić information content (AvgIpc) is 2.84. The molecule has 1 aromatic rings. The molecule has 0 spiro atoms. The molecule has 4 N–H and O–H groups in total. The van der Waals surface area contributed by atoms with Gasteiger partial charge in [0.2, 0.25) is 0 Å². The number of halogens is 1. The minimum atomic E-state index is -0.0701. The van der Waals surface area contributed by atoms with Gasteiger partial charge >= 0.3 is 0 Å². The largest absolute Gasteiger partial charge is 0.349 e. The summed E-state index contributed by atoms with van der Waals surface area (Å²) >= 11 is 5.97. The van der Waals surface area contributed by atoms with Gasteiger partial charge in [-0.15, -0.1) is 0 Å². The van der Waals surface area contributed by atoms with Crippen LogP contribution >= 0.6 is 11.6 Å². The van der Waals surface area contributed by atoms with E-state index in [0.717, 1.165) is 23.7 Å². The maximum Gasteiger partial charge on any atom is 0.253 e. The molecule has 106 valence electrons. The van der Waals surface area contributed by atoms with E-state index in [1.54, 1.807) is 18.2 Å². The highest BCUT2D eigenvalue weighted by Gasteiger charge is 2.65. The molecule has 0 radical (unpaired) electrons. The number of nitrogens with two attached hydrogens (primary N) is 1. The molecule has 1 aromatic carbocycles. The summed E-state index contributed by atoms with van der Waals surface area (Å²) in [6, 6.07) is 5.49. The van der Waals surface area contributed by atoms with Gasteiger partial charge in [-0.3, -0.25) is 10.6 Å². The first-order valence-electron chi connectivity index (χ1n) is 7.26. The second-order valence-electron chi connectivity index (χ2n) is 6.32.